The van der Waals surface area contributed by atoms with Crippen molar-refractivity contribution in [2.45, 2.75) is 12.8 Å². The number of rotatable bonds is 3. The molecule has 0 spiro atoms. The highest BCUT2D eigenvalue weighted by molar-refractivity contribution is 9.10. The maximum absolute atomic E-state index is 12.1. The Bertz CT molecular complexity index is 522. The fourth-order valence-electron chi connectivity index (χ4n) is 1.27. The second kappa shape index (κ2) is 5.27. The Kier molecular flexibility index (Phi) is 4.19. The van der Waals surface area contributed by atoms with Gasteiger partial charge in [0.15, 0.2) is 0 Å². The zero-order valence-corrected chi connectivity index (χ0v) is 10.2. The van der Waals surface area contributed by atoms with E-state index < -0.39 is 30.1 Å². The molecule has 8 heteroatoms. The third-order valence-electron chi connectivity index (χ3n) is 1.83. The molecule has 1 rings (SSSR count). The SMILES string of the molecule is N#Cc1c(CC(=O)O)cc(Br)cc1OC(F)(F)F. The number of nitrogens with zero attached hydrogens (tertiary/aromatic N) is 1. The number of nitriles is 1. The summed E-state index contributed by atoms with van der Waals surface area (Å²) >= 11 is 2.92. The Morgan fingerprint density at radius 2 is 2.11 bits per heavy atom. The van der Waals surface area contributed by atoms with Crippen LogP contribution < -0.4 is 4.74 Å². The summed E-state index contributed by atoms with van der Waals surface area (Å²) in [6, 6.07) is 3.73. The molecule has 4 nitrogen and oxygen atoms in total. The van der Waals surface area contributed by atoms with E-state index in [1.54, 1.807) is 0 Å². The van der Waals surface area contributed by atoms with Gasteiger partial charge in [0, 0.05) is 4.47 Å². The van der Waals surface area contributed by atoms with Crippen LogP contribution in [0.1, 0.15) is 11.1 Å². The van der Waals surface area contributed by atoms with Crippen molar-refractivity contribution >= 4 is 21.9 Å². The van der Waals surface area contributed by atoms with E-state index in [4.69, 9.17) is 10.4 Å². The number of aliphatic carboxylic acids is 1. The highest BCUT2D eigenvalue weighted by atomic mass is 79.9. The van der Waals surface area contributed by atoms with E-state index in [9.17, 15) is 18.0 Å². The van der Waals surface area contributed by atoms with Crippen LogP contribution in [0.15, 0.2) is 16.6 Å². The van der Waals surface area contributed by atoms with Crippen molar-refractivity contribution in [1.29, 1.82) is 5.26 Å². The molecular weight excluding hydrogens is 319 g/mol. The maximum Gasteiger partial charge on any atom is 0.573 e. The van der Waals surface area contributed by atoms with Crippen LogP contribution in [0.25, 0.3) is 0 Å². The molecule has 0 saturated carbocycles. The van der Waals surface area contributed by atoms with Crippen LogP contribution in [-0.4, -0.2) is 17.4 Å². The Balaban J connectivity index is 3.30. The Morgan fingerprint density at radius 3 is 2.56 bits per heavy atom. The molecule has 0 aromatic heterocycles. The Labute approximate surface area is 108 Å². The molecule has 1 N–H and O–H groups in total. The van der Waals surface area contributed by atoms with Crippen LogP contribution in [0.2, 0.25) is 0 Å². The fourth-order valence-corrected chi connectivity index (χ4v) is 1.75. The van der Waals surface area contributed by atoms with Crippen molar-refractivity contribution < 1.29 is 27.8 Å². The van der Waals surface area contributed by atoms with E-state index >= 15 is 0 Å². The summed E-state index contributed by atoms with van der Waals surface area (Å²) in [5, 5.41) is 17.4. The van der Waals surface area contributed by atoms with Gasteiger partial charge in [-0.2, -0.15) is 5.26 Å². The molecule has 96 valence electrons. The number of carboxylic acid groups (broad SMARTS) is 1. The maximum atomic E-state index is 12.1. The molecule has 0 aliphatic rings. The minimum atomic E-state index is -4.95. The molecule has 0 bridgehead atoms. The predicted octanol–water partition coefficient (Wildman–Crippen LogP) is 2.85. The Hall–Kier alpha value is -1.75. The average molecular weight is 324 g/mol. The highest BCUT2D eigenvalue weighted by Crippen LogP contribution is 2.31. The Morgan fingerprint density at radius 1 is 1.50 bits per heavy atom. The normalized spacial score (nSPS) is 10.8. The molecule has 0 fully saturated rings. The van der Waals surface area contributed by atoms with E-state index in [0.717, 1.165) is 6.07 Å². The highest BCUT2D eigenvalue weighted by Gasteiger charge is 2.33. The summed E-state index contributed by atoms with van der Waals surface area (Å²) in [5.74, 6) is -1.99. The zero-order valence-electron chi connectivity index (χ0n) is 8.58. The summed E-state index contributed by atoms with van der Waals surface area (Å²) in [5.41, 5.74) is -0.503. The van der Waals surface area contributed by atoms with Crippen molar-refractivity contribution in [2.24, 2.45) is 0 Å². The van der Waals surface area contributed by atoms with Gasteiger partial charge in [0.2, 0.25) is 0 Å². The molecule has 0 aliphatic heterocycles. The summed E-state index contributed by atoms with van der Waals surface area (Å²) in [6.45, 7) is 0. The first-order chi connectivity index (χ1) is 8.23. The van der Waals surface area contributed by atoms with Gasteiger partial charge in [-0.15, -0.1) is 13.2 Å². The smallest absolute Gasteiger partial charge is 0.481 e. The van der Waals surface area contributed by atoms with E-state index in [1.165, 1.54) is 12.1 Å². The number of carboxylic acids is 1. The van der Waals surface area contributed by atoms with Crippen molar-refractivity contribution in [1.82, 2.24) is 0 Å². The number of halogens is 4. The quantitative estimate of drug-likeness (QED) is 0.928. The van der Waals surface area contributed by atoms with Gasteiger partial charge in [-0.25, -0.2) is 0 Å². The first kappa shape index (κ1) is 14.3. The third-order valence-corrected chi connectivity index (χ3v) is 2.29. The third kappa shape index (κ3) is 3.92. The van der Waals surface area contributed by atoms with Crippen molar-refractivity contribution in [3.63, 3.8) is 0 Å². The van der Waals surface area contributed by atoms with Gasteiger partial charge < -0.3 is 9.84 Å². The zero-order chi connectivity index (χ0) is 13.9. The van der Waals surface area contributed by atoms with Gasteiger partial charge in [0.1, 0.15) is 11.8 Å². The van der Waals surface area contributed by atoms with Gasteiger partial charge in [-0.05, 0) is 17.7 Å². The number of hydrogen-bond donors (Lipinski definition) is 1. The number of carbonyl (C=O) groups is 1. The lowest BCUT2D eigenvalue weighted by molar-refractivity contribution is -0.274. The summed E-state index contributed by atoms with van der Waals surface area (Å²) in [6.07, 6.45) is -5.52. The summed E-state index contributed by atoms with van der Waals surface area (Å²) < 4.78 is 40.2. The lowest BCUT2D eigenvalue weighted by Gasteiger charge is -2.12. The number of benzene rings is 1. The number of ether oxygens (including phenoxy) is 1. The van der Waals surface area contributed by atoms with Gasteiger partial charge in [0.05, 0.1) is 12.0 Å². The summed E-state index contributed by atoms with van der Waals surface area (Å²) in [4.78, 5) is 10.6. The van der Waals surface area contributed by atoms with E-state index in [0.29, 0.717) is 0 Å². The molecule has 0 aliphatic carbocycles. The van der Waals surface area contributed by atoms with Crippen molar-refractivity contribution in [2.75, 3.05) is 0 Å². The standard InChI is InChI=1S/C10H5BrF3NO3/c11-6-1-5(2-9(16)17)7(4-15)8(3-6)18-10(12,13)14/h1,3H,2H2,(H,16,17). The van der Waals surface area contributed by atoms with Gasteiger partial charge in [-0.3, -0.25) is 4.79 Å². The van der Waals surface area contributed by atoms with E-state index in [1.807, 2.05) is 0 Å². The molecule has 0 saturated heterocycles. The molecule has 1 aromatic carbocycles. The topological polar surface area (TPSA) is 70.3 Å². The van der Waals surface area contributed by atoms with Crippen LogP contribution >= 0.6 is 15.9 Å². The molecule has 0 amide bonds. The van der Waals surface area contributed by atoms with E-state index in [-0.39, 0.29) is 10.0 Å². The minimum Gasteiger partial charge on any atom is -0.481 e. The second-order valence-electron chi connectivity index (χ2n) is 3.17. The molecule has 0 radical (unpaired) electrons. The molecule has 0 heterocycles. The minimum absolute atomic E-state index is 0.0568. The van der Waals surface area contributed by atoms with Crippen LogP contribution in [0.5, 0.6) is 5.75 Å². The number of hydrogen-bond acceptors (Lipinski definition) is 3. The van der Waals surface area contributed by atoms with Gasteiger partial charge in [-0.1, -0.05) is 15.9 Å². The van der Waals surface area contributed by atoms with E-state index in [2.05, 4.69) is 20.7 Å². The lowest BCUT2D eigenvalue weighted by atomic mass is 10.0. The van der Waals surface area contributed by atoms with Crippen LogP contribution in [0.4, 0.5) is 13.2 Å². The van der Waals surface area contributed by atoms with Crippen LogP contribution in [-0.2, 0) is 11.2 Å². The van der Waals surface area contributed by atoms with Gasteiger partial charge in [0.25, 0.3) is 0 Å². The second-order valence-corrected chi connectivity index (χ2v) is 4.08. The summed E-state index contributed by atoms with van der Waals surface area (Å²) in [7, 11) is 0. The van der Waals surface area contributed by atoms with Crippen molar-refractivity contribution in [3.8, 4) is 11.8 Å². The van der Waals surface area contributed by atoms with Crippen LogP contribution in [0.3, 0.4) is 0 Å². The molecule has 0 atom stereocenters. The fraction of sp³-hybridized carbons (Fsp3) is 0.200. The molecule has 0 unspecified atom stereocenters. The van der Waals surface area contributed by atoms with Gasteiger partial charge >= 0.3 is 12.3 Å². The molecule has 1 aromatic rings. The largest absolute Gasteiger partial charge is 0.573 e. The first-order valence-electron chi connectivity index (χ1n) is 4.43. The average Bonchev–Trinajstić information content (AvgIpc) is 2.13. The van der Waals surface area contributed by atoms with Crippen molar-refractivity contribution in [3.05, 3.63) is 27.7 Å². The monoisotopic (exact) mass is 323 g/mol. The molecule has 18 heavy (non-hydrogen) atoms. The lowest BCUT2D eigenvalue weighted by Crippen LogP contribution is -2.18. The number of alkyl halides is 3. The molecular formula is C10H5BrF3NO3. The van der Waals surface area contributed by atoms with Crippen LogP contribution in [0, 0.1) is 11.3 Å². The first-order valence-corrected chi connectivity index (χ1v) is 5.22. The predicted molar refractivity (Wildman–Crippen MR) is 56.9 cm³/mol.